The van der Waals surface area contributed by atoms with Crippen LogP contribution in [0.3, 0.4) is 0 Å². The van der Waals surface area contributed by atoms with E-state index in [4.69, 9.17) is 0 Å². The van der Waals surface area contributed by atoms with Crippen LogP contribution in [-0.2, 0) is 0 Å². The zero-order valence-electron chi connectivity index (χ0n) is 14.9. The second kappa shape index (κ2) is 10.6. The predicted molar refractivity (Wildman–Crippen MR) is 104 cm³/mol. The largest absolute Gasteiger partial charge is 0.335 e. The van der Waals surface area contributed by atoms with Crippen LogP contribution >= 0.6 is 0 Å². The lowest BCUT2D eigenvalue weighted by molar-refractivity contribution is -0.934. The molecular formula is C22H30N2+2. The van der Waals surface area contributed by atoms with Gasteiger partial charge in [-0.2, -0.15) is 0 Å². The van der Waals surface area contributed by atoms with Gasteiger partial charge >= 0.3 is 0 Å². The molecule has 0 aliphatic rings. The van der Waals surface area contributed by atoms with E-state index in [0.29, 0.717) is 0 Å². The number of quaternary nitrogens is 2. The molecule has 0 amide bonds. The van der Waals surface area contributed by atoms with Crippen LogP contribution in [0.4, 0.5) is 0 Å². The summed E-state index contributed by atoms with van der Waals surface area (Å²) in [6, 6.07) is 21.1. The average Bonchev–Trinajstić information content (AvgIpc) is 2.61. The molecule has 0 heterocycles. The third kappa shape index (κ3) is 7.40. The van der Waals surface area contributed by atoms with E-state index in [9.17, 15) is 0 Å². The van der Waals surface area contributed by atoms with E-state index >= 15 is 0 Å². The maximum absolute atomic E-state index is 2.30. The number of nitrogens with one attached hydrogen (secondary N) is 2. The summed E-state index contributed by atoms with van der Waals surface area (Å²) in [5.41, 5.74) is 2.55. The molecule has 0 atom stereocenters. The minimum absolute atomic E-state index is 1.06. The molecule has 2 rings (SSSR count). The van der Waals surface area contributed by atoms with E-state index in [-0.39, 0.29) is 0 Å². The number of rotatable bonds is 9. The fraction of sp³-hybridized carbons (Fsp3) is 0.273. The first-order valence-corrected chi connectivity index (χ1v) is 8.80. The van der Waals surface area contributed by atoms with Gasteiger partial charge in [-0.3, -0.25) is 0 Å². The smallest absolute Gasteiger partial charge is 0.127 e. The highest BCUT2D eigenvalue weighted by atomic mass is 15.2. The topological polar surface area (TPSA) is 8.88 Å². The molecule has 0 spiro atoms. The molecule has 0 saturated carbocycles. The van der Waals surface area contributed by atoms with Crippen LogP contribution in [0.2, 0.25) is 0 Å². The summed E-state index contributed by atoms with van der Waals surface area (Å²) in [5, 5.41) is 0. The quantitative estimate of drug-likeness (QED) is 0.691. The van der Waals surface area contributed by atoms with Crippen LogP contribution in [0.15, 0.2) is 72.8 Å². The normalized spacial score (nSPS) is 12.0. The van der Waals surface area contributed by atoms with E-state index in [1.54, 1.807) is 4.90 Å². The lowest BCUT2D eigenvalue weighted by Crippen LogP contribution is -3.18. The van der Waals surface area contributed by atoms with Crippen molar-refractivity contribution in [2.45, 2.75) is 0 Å². The van der Waals surface area contributed by atoms with Gasteiger partial charge in [0.15, 0.2) is 0 Å². The van der Waals surface area contributed by atoms with Gasteiger partial charge in [-0.15, -0.1) is 0 Å². The summed E-state index contributed by atoms with van der Waals surface area (Å²) in [4.78, 5) is 3.10. The molecule has 2 N–H and O–H groups in total. The van der Waals surface area contributed by atoms with Crippen molar-refractivity contribution in [1.29, 1.82) is 0 Å². The van der Waals surface area contributed by atoms with Gasteiger partial charge in [0.2, 0.25) is 0 Å². The highest BCUT2D eigenvalue weighted by Crippen LogP contribution is 2.00. The summed E-state index contributed by atoms with van der Waals surface area (Å²) in [5.74, 6) is 0. The maximum Gasteiger partial charge on any atom is 0.127 e. The molecule has 0 unspecified atom stereocenters. The fourth-order valence-electron chi connectivity index (χ4n) is 2.57. The third-order valence-electron chi connectivity index (χ3n) is 4.01. The van der Waals surface area contributed by atoms with Crippen LogP contribution in [0.1, 0.15) is 11.1 Å². The first-order valence-electron chi connectivity index (χ1n) is 8.80. The Balaban J connectivity index is 1.88. The molecule has 0 aliphatic carbocycles. The van der Waals surface area contributed by atoms with Crippen LogP contribution in [0.25, 0.3) is 12.2 Å². The van der Waals surface area contributed by atoms with Crippen LogP contribution < -0.4 is 9.80 Å². The molecule has 2 heteroatoms. The van der Waals surface area contributed by atoms with Crippen molar-refractivity contribution in [2.24, 2.45) is 0 Å². The predicted octanol–water partition coefficient (Wildman–Crippen LogP) is 1.44. The van der Waals surface area contributed by atoms with E-state index < -0.39 is 0 Å². The van der Waals surface area contributed by atoms with Crippen molar-refractivity contribution >= 4 is 12.2 Å². The van der Waals surface area contributed by atoms with Crippen LogP contribution in [0.5, 0.6) is 0 Å². The van der Waals surface area contributed by atoms with Crippen molar-refractivity contribution in [3.05, 3.63) is 83.9 Å². The second-order valence-electron chi connectivity index (χ2n) is 6.49. The lowest BCUT2D eigenvalue weighted by atomic mass is 10.2. The van der Waals surface area contributed by atoms with Gasteiger partial charge in [0.1, 0.15) is 13.1 Å². The van der Waals surface area contributed by atoms with Gasteiger partial charge in [0, 0.05) is 0 Å². The van der Waals surface area contributed by atoms with Crippen molar-refractivity contribution in [3.8, 4) is 0 Å². The molecule has 2 aromatic carbocycles. The maximum atomic E-state index is 2.30. The molecule has 0 saturated heterocycles. The zero-order chi connectivity index (χ0) is 17.0. The Morgan fingerprint density at radius 1 is 0.667 bits per heavy atom. The highest BCUT2D eigenvalue weighted by molar-refractivity contribution is 5.49. The van der Waals surface area contributed by atoms with E-state index in [1.165, 1.54) is 29.1 Å². The minimum Gasteiger partial charge on any atom is -0.335 e. The first-order chi connectivity index (χ1) is 11.7. The Labute approximate surface area is 146 Å². The number of likely N-dealkylation sites (N-methyl/N-ethyl adjacent to an activating group) is 1. The van der Waals surface area contributed by atoms with Gasteiger partial charge in [-0.1, -0.05) is 72.8 Å². The molecule has 24 heavy (non-hydrogen) atoms. The van der Waals surface area contributed by atoms with Crippen LogP contribution in [-0.4, -0.2) is 40.3 Å². The zero-order valence-corrected chi connectivity index (χ0v) is 14.9. The summed E-state index contributed by atoms with van der Waals surface area (Å²) >= 11 is 0. The van der Waals surface area contributed by atoms with Crippen LogP contribution in [0, 0.1) is 0 Å². The minimum atomic E-state index is 1.06. The summed E-state index contributed by atoms with van der Waals surface area (Å²) < 4.78 is 0. The highest BCUT2D eigenvalue weighted by Gasteiger charge is 2.06. The van der Waals surface area contributed by atoms with E-state index in [0.717, 1.165) is 13.1 Å². The van der Waals surface area contributed by atoms with Crippen molar-refractivity contribution in [2.75, 3.05) is 40.3 Å². The fourth-order valence-corrected chi connectivity index (χ4v) is 2.57. The number of hydrogen-bond donors (Lipinski definition) is 2. The SMILES string of the molecule is C[NH+](C)CC[NH+](C/C=C/c1ccccc1)C/C=C/c1ccccc1. The van der Waals surface area contributed by atoms with Gasteiger partial charge in [0.05, 0.1) is 27.2 Å². The molecule has 2 nitrogen and oxygen atoms in total. The summed E-state index contributed by atoms with van der Waals surface area (Å²) in [6.45, 7) is 4.48. The number of benzene rings is 2. The van der Waals surface area contributed by atoms with Gasteiger partial charge < -0.3 is 9.80 Å². The molecular weight excluding hydrogens is 292 g/mol. The van der Waals surface area contributed by atoms with Crippen molar-refractivity contribution in [3.63, 3.8) is 0 Å². The van der Waals surface area contributed by atoms with Crippen molar-refractivity contribution in [1.82, 2.24) is 0 Å². The van der Waals surface area contributed by atoms with Crippen molar-refractivity contribution < 1.29 is 9.80 Å². The van der Waals surface area contributed by atoms with E-state index in [1.807, 2.05) is 0 Å². The average molecular weight is 322 g/mol. The standard InChI is InChI=1S/C22H28N2/c1-23(2)19-20-24(17-9-15-21-11-5-3-6-12-21)18-10-16-22-13-7-4-8-14-22/h3-16H,17-20H2,1-2H3/p+2/b15-9+,16-10+. The Kier molecular flexibility index (Phi) is 8.02. The summed E-state index contributed by atoms with van der Waals surface area (Å²) in [6.07, 6.45) is 9.05. The first kappa shape index (κ1) is 18.2. The molecule has 0 radical (unpaired) electrons. The Bertz CT molecular complexity index is 563. The molecule has 126 valence electrons. The van der Waals surface area contributed by atoms with Gasteiger partial charge in [-0.05, 0) is 23.3 Å². The van der Waals surface area contributed by atoms with E-state index in [2.05, 4.69) is 99.1 Å². The van der Waals surface area contributed by atoms with Gasteiger partial charge in [-0.25, -0.2) is 0 Å². The lowest BCUT2D eigenvalue weighted by Gasteiger charge is -2.17. The summed E-state index contributed by atoms with van der Waals surface area (Å²) in [7, 11) is 4.44. The Hall–Kier alpha value is -2.16. The Morgan fingerprint density at radius 3 is 1.54 bits per heavy atom. The van der Waals surface area contributed by atoms with Gasteiger partial charge in [0.25, 0.3) is 0 Å². The third-order valence-corrected chi connectivity index (χ3v) is 4.01. The number of hydrogen-bond acceptors (Lipinski definition) is 0. The molecule has 0 fully saturated rings. The molecule has 0 aliphatic heterocycles. The monoisotopic (exact) mass is 322 g/mol. The molecule has 2 aromatic rings. The second-order valence-corrected chi connectivity index (χ2v) is 6.49. The Morgan fingerprint density at radius 2 is 1.12 bits per heavy atom. The molecule has 0 aromatic heterocycles. The molecule has 0 bridgehead atoms.